The first kappa shape index (κ1) is 23.7. The first-order valence-electron chi connectivity index (χ1n) is 10.6. The van der Waals surface area contributed by atoms with Gasteiger partial charge in [-0.3, -0.25) is 24.5 Å². The maximum atomic E-state index is 13.1. The summed E-state index contributed by atoms with van der Waals surface area (Å²) in [4.78, 5) is 49.1. The van der Waals surface area contributed by atoms with E-state index in [1.54, 1.807) is 18.2 Å². The second-order valence-corrected chi connectivity index (χ2v) is 7.92. The van der Waals surface area contributed by atoms with E-state index in [1.165, 1.54) is 31.4 Å². The first-order valence-corrected chi connectivity index (χ1v) is 10.6. The Morgan fingerprint density at radius 1 is 1.09 bits per heavy atom. The van der Waals surface area contributed by atoms with Gasteiger partial charge in [0.15, 0.2) is 0 Å². The van der Waals surface area contributed by atoms with Crippen LogP contribution < -0.4 is 15.5 Å². The molecule has 1 aliphatic heterocycles. The van der Waals surface area contributed by atoms with Gasteiger partial charge in [-0.25, -0.2) is 0 Å². The molecule has 3 rings (SSSR count). The largest absolute Gasteiger partial charge is 0.468 e. The summed E-state index contributed by atoms with van der Waals surface area (Å²) >= 11 is 0. The minimum absolute atomic E-state index is 0.160. The van der Waals surface area contributed by atoms with Gasteiger partial charge in [0.05, 0.1) is 23.3 Å². The summed E-state index contributed by atoms with van der Waals surface area (Å²) < 4.78 is 4.48. The molecule has 0 bridgehead atoms. The van der Waals surface area contributed by atoms with Crippen LogP contribution >= 0.6 is 0 Å². The molecule has 0 saturated carbocycles. The second kappa shape index (κ2) is 10.6. The fourth-order valence-corrected chi connectivity index (χ4v) is 3.57. The summed E-state index contributed by atoms with van der Waals surface area (Å²) in [6.07, 6.45) is 1.97. The third-order valence-electron chi connectivity index (χ3n) is 5.59. The van der Waals surface area contributed by atoms with E-state index in [0.717, 1.165) is 25.9 Å². The lowest BCUT2D eigenvalue weighted by atomic mass is 9.98. The predicted molar refractivity (Wildman–Crippen MR) is 122 cm³/mol. The molecule has 10 nitrogen and oxygen atoms in total. The van der Waals surface area contributed by atoms with E-state index in [9.17, 15) is 24.5 Å². The highest BCUT2D eigenvalue weighted by molar-refractivity contribution is 6.09. The molecule has 1 aliphatic rings. The molecule has 1 heterocycles. The summed E-state index contributed by atoms with van der Waals surface area (Å²) in [6, 6.07) is 10.4. The number of amides is 2. The molecule has 0 atom stereocenters. The number of non-ortho nitro benzene ring substituents is 1. The Morgan fingerprint density at radius 2 is 1.76 bits per heavy atom. The Labute approximate surface area is 191 Å². The monoisotopic (exact) mass is 454 g/mol. The van der Waals surface area contributed by atoms with Crippen LogP contribution in [0.25, 0.3) is 0 Å². The molecule has 0 aliphatic carbocycles. The third kappa shape index (κ3) is 6.06. The SMILES string of the molecule is COC(=O)CNC(=O)c1ccc(NC(=O)c2cc([N+](=O)[O-])ccc2N2CCC(C)CC2)cc1. The van der Waals surface area contributed by atoms with Gasteiger partial charge < -0.3 is 20.3 Å². The van der Waals surface area contributed by atoms with Crippen LogP contribution in [0.15, 0.2) is 42.5 Å². The van der Waals surface area contributed by atoms with Gasteiger partial charge in [-0.1, -0.05) is 6.92 Å². The van der Waals surface area contributed by atoms with Crippen LogP contribution in [0.1, 0.15) is 40.5 Å². The van der Waals surface area contributed by atoms with Gasteiger partial charge in [-0.05, 0) is 49.1 Å². The molecule has 10 heteroatoms. The molecule has 2 N–H and O–H groups in total. The summed E-state index contributed by atoms with van der Waals surface area (Å²) in [5, 5.41) is 16.4. The molecule has 2 aromatic carbocycles. The van der Waals surface area contributed by atoms with Crippen molar-refractivity contribution in [1.29, 1.82) is 0 Å². The van der Waals surface area contributed by atoms with Crippen LogP contribution in [0.2, 0.25) is 0 Å². The van der Waals surface area contributed by atoms with Crippen molar-refractivity contribution in [2.75, 3.05) is 37.0 Å². The zero-order valence-corrected chi connectivity index (χ0v) is 18.5. The smallest absolute Gasteiger partial charge is 0.325 e. The molecule has 0 unspecified atom stereocenters. The van der Waals surface area contributed by atoms with Crippen molar-refractivity contribution in [3.05, 3.63) is 63.7 Å². The highest BCUT2D eigenvalue weighted by Crippen LogP contribution is 2.30. The maximum absolute atomic E-state index is 13.1. The molecule has 2 aromatic rings. The number of rotatable bonds is 7. The van der Waals surface area contributed by atoms with E-state index >= 15 is 0 Å². The van der Waals surface area contributed by atoms with Crippen LogP contribution in [0, 0.1) is 16.0 Å². The van der Waals surface area contributed by atoms with E-state index in [1.807, 2.05) is 0 Å². The molecule has 0 spiro atoms. The van der Waals surface area contributed by atoms with Gasteiger partial charge in [0.25, 0.3) is 17.5 Å². The Kier molecular flexibility index (Phi) is 7.60. The van der Waals surface area contributed by atoms with Crippen molar-refractivity contribution in [2.24, 2.45) is 5.92 Å². The predicted octanol–water partition coefficient (Wildman–Crippen LogP) is 2.99. The van der Waals surface area contributed by atoms with Crippen LogP contribution in [0.3, 0.4) is 0 Å². The lowest BCUT2D eigenvalue weighted by molar-refractivity contribution is -0.384. The van der Waals surface area contributed by atoms with Gasteiger partial charge in [-0.15, -0.1) is 0 Å². The van der Waals surface area contributed by atoms with Crippen molar-refractivity contribution >= 4 is 34.8 Å². The van der Waals surface area contributed by atoms with Gasteiger partial charge in [0, 0.05) is 36.5 Å². The molecule has 0 aromatic heterocycles. The molecule has 2 amide bonds. The number of hydrogen-bond acceptors (Lipinski definition) is 7. The number of piperidine rings is 1. The second-order valence-electron chi connectivity index (χ2n) is 7.92. The number of carbonyl (C=O) groups excluding carboxylic acids is 3. The van der Waals surface area contributed by atoms with Crippen molar-refractivity contribution < 1.29 is 24.0 Å². The van der Waals surface area contributed by atoms with Crippen LogP contribution in [0.4, 0.5) is 17.1 Å². The highest BCUT2D eigenvalue weighted by Gasteiger charge is 2.23. The van der Waals surface area contributed by atoms with Crippen LogP contribution in [-0.2, 0) is 9.53 Å². The Bertz CT molecular complexity index is 1050. The fraction of sp³-hybridized carbons (Fsp3) is 0.348. The minimum Gasteiger partial charge on any atom is -0.468 e. The van der Waals surface area contributed by atoms with Gasteiger partial charge in [0.1, 0.15) is 6.54 Å². The number of benzene rings is 2. The number of hydrogen-bond donors (Lipinski definition) is 2. The molecule has 1 fully saturated rings. The average molecular weight is 454 g/mol. The lowest BCUT2D eigenvalue weighted by Crippen LogP contribution is -2.34. The van der Waals surface area contributed by atoms with Crippen molar-refractivity contribution in [3.63, 3.8) is 0 Å². The number of nitro benzene ring substituents is 1. The number of anilines is 2. The van der Waals surface area contributed by atoms with Crippen LogP contribution in [-0.4, -0.2) is 49.5 Å². The number of ether oxygens (including phenoxy) is 1. The maximum Gasteiger partial charge on any atom is 0.325 e. The lowest BCUT2D eigenvalue weighted by Gasteiger charge is -2.33. The number of nitrogens with one attached hydrogen (secondary N) is 2. The first-order chi connectivity index (χ1) is 15.8. The van der Waals surface area contributed by atoms with Crippen molar-refractivity contribution in [3.8, 4) is 0 Å². The van der Waals surface area contributed by atoms with Gasteiger partial charge in [0.2, 0.25) is 0 Å². The van der Waals surface area contributed by atoms with E-state index in [4.69, 9.17) is 0 Å². The summed E-state index contributed by atoms with van der Waals surface area (Å²) in [7, 11) is 1.23. The number of methoxy groups -OCH3 is 1. The number of esters is 1. The minimum atomic E-state index is -0.567. The zero-order chi connectivity index (χ0) is 24.0. The Hall–Kier alpha value is -3.95. The molecule has 33 heavy (non-hydrogen) atoms. The van der Waals surface area contributed by atoms with E-state index < -0.39 is 22.7 Å². The van der Waals surface area contributed by atoms with E-state index in [0.29, 0.717) is 22.9 Å². The normalized spacial score (nSPS) is 13.8. The Balaban J connectivity index is 1.76. The molecule has 174 valence electrons. The number of carbonyl (C=O) groups is 3. The van der Waals surface area contributed by atoms with Crippen LogP contribution in [0.5, 0.6) is 0 Å². The summed E-state index contributed by atoms with van der Waals surface area (Å²) in [6.45, 7) is 3.47. The van der Waals surface area contributed by atoms with Gasteiger partial charge in [-0.2, -0.15) is 0 Å². The van der Waals surface area contributed by atoms with Crippen molar-refractivity contribution in [2.45, 2.75) is 19.8 Å². The zero-order valence-electron chi connectivity index (χ0n) is 18.5. The van der Waals surface area contributed by atoms with Gasteiger partial charge >= 0.3 is 5.97 Å². The van der Waals surface area contributed by atoms with Crippen molar-refractivity contribution in [1.82, 2.24) is 5.32 Å². The standard InChI is InChI=1S/C23H26N4O6/c1-15-9-11-26(12-10-15)20-8-7-18(27(31)32)13-19(20)23(30)25-17-5-3-16(4-6-17)22(29)24-14-21(28)33-2/h3-8,13,15H,9-12,14H2,1-2H3,(H,24,29)(H,25,30). The third-order valence-corrected chi connectivity index (χ3v) is 5.59. The molecule has 0 radical (unpaired) electrons. The summed E-state index contributed by atoms with van der Waals surface area (Å²) in [5.41, 5.74) is 1.44. The molecular formula is C23H26N4O6. The molecular weight excluding hydrogens is 428 g/mol. The quantitative estimate of drug-likeness (QED) is 0.373. The average Bonchev–Trinajstić information content (AvgIpc) is 2.82. The fourth-order valence-electron chi connectivity index (χ4n) is 3.57. The number of nitro groups is 1. The molecule has 1 saturated heterocycles. The topological polar surface area (TPSA) is 131 Å². The summed E-state index contributed by atoms with van der Waals surface area (Å²) in [5.74, 6) is -0.906. The van der Waals surface area contributed by atoms with E-state index in [2.05, 4.69) is 27.2 Å². The highest BCUT2D eigenvalue weighted by atomic mass is 16.6. The van der Waals surface area contributed by atoms with E-state index in [-0.39, 0.29) is 17.8 Å². The Morgan fingerprint density at radius 3 is 2.36 bits per heavy atom. The number of nitrogens with zero attached hydrogens (tertiary/aromatic N) is 2.